The zero-order valence-electron chi connectivity index (χ0n) is 7.72. The quantitative estimate of drug-likeness (QED) is 0.797. The van der Waals surface area contributed by atoms with Gasteiger partial charge in [-0.3, -0.25) is 0 Å². The van der Waals surface area contributed by atoms with Crippen LogP contribution in [0, 0.1) is 0 Å². The van der Waals surface area contributed by atoms with E-state index in [1.54, 1.807) is 6.07 Å². The van der Waals surface area contributed by atoms with Crippen LogP contribution in [-0.4, -0.2) is 6.47 Å². The molecule has 0 aliphatic rings. The fourth-order valence-electron chi connectivity index (χ4n) is 1.37. The first-order chi connectivity index (χ1) is 7.65. The molecule has 1 radical (unpaired) electrons. The van der Waals surface area contributed by atoms with Gasteiger partial charge in [-0.1, -0.05) is 34.8 Å². The molecule has 16 heavy (non-hydrogen) atoms. The molecule has 1 aromatic carbocycles. The van der Waals surface area contributed by atoms with E-state index in [-0.39, 0.29) is 16.7 Å². The Balaban J connectivity index is 2.61. The molecule has 0 saturated carbocycles. The number of rotatable bonds is 3. The van der Waals surface area contributed by atoms with Gasteiger partial charge in [0.05, 0.1) is 21.3 Å². The number of halogens is 3. The topological polar surface area (TPSA) is 39.4 Å². The van der Waals surface area contributed by atoms with Crippen molar-refractivity contribution in [1.82, 2.24) is 0 Å². The summed E-state index contributed by atoms with van der Waals surface area (Å²) in [5.41, 5.74) is 1.10. The lowest BCUT2D eigenvalue weighted by atomic mass is 10.2. The molecule has 0 spiro atoms. The first-order valence-electron chi connectivity index (χ1n) is 4.17. The van der Waals surface area contributed by atoms with Gasteiger partial charge in [-0.2, -0.15) is 0 Å². The summed E-state index contributed by atoms with van der Waals surface area (Å²) < 4.78 is 9.74. The molecule has 2 rings (SSSR count). The summed E-state index contributed by atoms with van der Waals surface area (Å²) in [6, 6.07) is 1.55. The van der Waals surface area contributed by atoms with Crippen LogP contribution in [0.5, 0.6) is 0 Å². The number of hydrogen-bond donors (Lipinski definition) is 0. The summed E-state index contributed by atoms with van der Waals surface area (Å²) in [6.45, 7) is 1.34. The predicted octanol–water partition coefficient (Wildman–Crippen LogP) is 3.98. The van der Waals surface area contributed by atoms with Crippen LogP contribution >= 0.6 is 34.8 Å². The first-order valence-corrected chi connectivity index (χ1v) is 5.31. The molecule has 0 fully saturated rings. The van der Waals surface area contributed by atoms with Gasteiger partial charge in [0.1, 0.15) is 12.2 Å². The lowest BCUT2D eigenvalue weighted by Gasteiger charge is -2.01. The van der Waals surface area contributed by atoms with Crippen LogP contribution in [0.15, 0.2) is 16.7 Å². The van der Waals surface area contributed by atoms with E-state index < -0.39 is 0 Å². The van der Waals surface area contributed by atoms with Crippen molar-refractivity contribution in [2.75, 3.05) is 0 Å². The van der Waals surface area contributed by atoms with Crippen molar-refractivity contribution in [3.63, 3.8) is 0 Å². The Kier molecular flexibility index (Phi) is 3.28. The minimum Gasteiger partial charge on any atom is -0.464 e. The second-order valence-electron chi connectivity index (χ2n) is 2.99. The molecule has 0 atom stereocenters. The molecule has 2 aromatic rings. The highest BCUT2D eigenvalue weighted by Gasteiger charge is 2.15. The fraction of sp³-hybridized carbons (Fsp3) is 0.100. The minimum atomic E-state index is 0.0220. The molecular weight excluding hydrogens is 274 g/mol. The Hall–Kier alpha value is -0.900. The summed E-state index contributed by atoms with van der Waals surface area (Å²) in [4.78, 5) is 9.98. The third-order valence-corrected chi connectivity index (χ3v) is 3.32. The third-order valence-electron chi connectivity index (χ3n) is 2.06. The van der Waals surface area contributed by atoms with E-state index >= 15 is 0 Å². The number of benzene rings is 1. The van der Waals surface area contributed by atoms with Gasteiger partial charge in [0.2, 0.25) is 0 Å². The highest BCUT2D eigenvalue weighted by molar-refractivity contribution is 6.50. The van der Waals surface area contributed by atoms with Crippen LogP contribution < -0.4 is 0 Å². The average Bonchev–Trinajstić information content (AvgIpc) is 2.66. The second-order valence-corrected chi connectivity index (χ2v) is 4.16. The Labute approximate surface area is 106 Å². The first kappa shape index (κ1) is 11.6. The van der Waals surface area contributed by atoms with Crippen molar-refractivity contribution in [1.29, 1.82) is 0 Å². The number of ether oxygens (including phenoxy) is 1. The van der Waals surface area contributed by atoms with Gasteiger partial charge in [0, 0.05) is 17.0 Å². The summed E-state index contributed by atoms with van der Waals surface area (Å²) >= 11 is 17.8. The smallest absolute Gasteiger partial charge is 0.417 e. The number of furan rings is 1. The summed E-state index contributed by atoms with van der Waals surface area (Å²) in [5, 5.41) is 1.42. The highest BCUT2D eigenvalue weighted by atomic mass is 35.5. The Morgan fingerprint density at radius 2 is 2.06 bits per heavy atom. The Bertz CT molecular complexity index is 548. The molecule has 0 unspecified atom stereocenters. The number of hydrogen-bond acceptors (Lipinski definition) is 3. The van der Waals surface area contributed by atoms with Crippen LogP contribution in [0.3, 0.4) is 0 Å². The molecule has 0 N–H and O–H groups in total. The minimum absolute atomic E-state index is 0.0220. The van der Waals surface area contributed by atoms with Gasteiger partial charge in [0.15, 0.2) is 0 Å². The van der Waals surface area contributed by atoms with Crippen LogP contribution in [0.2, 0.25) is 15.1 Å². The summed E-state index contributed by atoms with van der Waals surface area (Å²) in [6.07, 6.45) is 1.43. The number of fused-ring (bicyclic) bond motifs is 1. The van der Waals surface area contributed by atoms with E-state index in [4.69, 9.17) is 39.2 Å². The van der Waals surface area contributed by atoms with Crippen LogP contribution in [0.25, 0.3) is 11.0 Å². The molecule has 3 nitrogen and oxygen atoms in total. The maximum atomic E-state index is 9.98. The fourth-order valence-corrected chi connectivity index (χ4v) is 2.08. The van der Waals surface area contributed by atoms with Crippen molar-refractivity contribution < 1.29 is 13.9 Å². The van der Waals surface area contributed by atoms with Gasteiger partial charge in [-0.15, -0.1) is 0 Å². The summed E-state index contributed by atoms with van der Waals surface area (Å²) in [7, 11) is 0. The molecule has 0 aliphatic carbocycles. The standard InChI is InChI=1S/C10H4Cl3O3/c11-6-1-7-8(10(13)9(6)12)5(3-16-7)2-15-4-14/h1,3H,2H2. The molecule has 1 heterocycles. The molecule has 1 aromatic heterocycles. The molecule has 0 bridgehead atoms. The molecule has 6 heteroatoms. The van der Waals surface area contributed by atoms with E-state index in [0.717, 1.165) is 0 Å². The predicted molar refractivity (Wildman–Crippen MR) is 61.7 cm³/mol. The summed E-state index contributed by atoms with van der Waals surface area (Å²) in [5.74, 6) is 0. The van der Waals surface area contributed by atoms with E-state index in [1.807, 2.05) is 0 Å². The van der Waals surface area contributed by atoms with Crippen LogP contribution in [0.4, 0.5) is 0 Å². The highest BCUT2D eigenvalue weighted by Crippen LogP contribution is 2.39. The van der Waals surface area contributed by atoms with E-state index in [2.05, 4.69) is 4.74 Å². The Morgan fingerprint density at radius 1 is 1.31 bits per heavy atom. The molecule has 0 saturated heterocycles. The molecule has 83 valence electrons. The van der Waals surface area contributed by atoms with Gasteiger partial charge in [-0.05, 0) is 0 Å². The van der Waals surface area contributed by atoms with E-state index in [1.165, 1.54) is 12.7 Å². The average molecular weight is 278 g/mol. The lowest BCUT2D eigenvalue weighted by Crippen LogP contribution is -1.88. The lowest BCUT2D eigenvalue weighted by molar-refractivity contribution is 0.267. The van der Waals surface area contributed by atoms with Gasteiger partial charge < -0.3 is 9.15 Å². The van der Waals surface area contributed by atoms with E-state index in [9.17, 15) is 4.79 Å². The van der Waals surface area contributed by atoms with E-state index in [0.29, 0.717) is 21.6 Å². The van der Waals surface area contributed by atoms with Crippen LogP contribution in [-0.2, 0) is 16.1 Å². The van der Waals surface area contributed by atoms with Gasteiger partial charge in [0.25, 0.3) is 0 Å². The molecule has 0 amide bonds. The molecular formula is C10H4Cl3O3. The largest absolute Gasteiger partial charge is 0.464 e. The third kappa shape index (κ3) is 1.86. The monoisotopic (exact) mass is 277 g/mol. The normalized spacial score (nSPS) is 10.7. The SMILES string of the molecule is O=[C]OCc1coc2cc(Cl)c(Cl)c(Cl)c12. The Morgan fingerprint density at radius 3 is 2.75 bits per heavy atom. The second kappa shape index (κ2) is 4.53. The van der Waals surface area contributed by atoms with Crippen molar-refractivity contribution in [2.24, 2.45) is 0 Å². The van der Waals surface area contributed by atoms with Crippen molar-refractivity contribution in [2.45, 2.75) is 6.61 Å². The maximum absolute atomic E-state index is 9.98. The zero-order chi connectivity index (χ0) is 11.7. The van der Waals surface area contributed by atoms with Gasteiger partial charge >= 0.3 is 6.47 Å². The number of carbonyl (C=O) groups excluding carboxylic acids is 1. The van der Waals surface area contributed by atoms with Crippen LogP contribution in [0.1, 0.15) is 5.56 Å². The van der Waals surface area contributed by atoms with Gasteiger partial charge in [-0.25, -0.2) is 4.79 Å². The molecule has 0 aliphatic heterocycles. The maximum Gasteiger partial charge on any atom is 0.417 e. The van der Waals surface area contributed by atoms with Crippen molar-refractivity contribution in [3.05, 3.63) is 33.0 Å². The zero-order valence-corrected chi connectivity index (χ0v) is 9.99. The van der Waals surface area contributed by atoms with Crippen molar-refractivity contribution in [3.8, 4) is 0 Å². The van der Waals surface area contributed by atoms with Crippen molar-refractivity contribution >= 4 is 52.2 Å².